The van der Waals surface area contributed by atoms with Crippen molar-refractivity contribution in [3.8, 4) is 0 Å². The zero-order chi connectivity index (χ0) is 15.2. The van der Waals surface area contributed by atoms with Gasteiger partial charge in [-0.25, -0.2) is 4.79 Å². The maximum absolute atomic E-state index is 11.2. The van der Waals surface area contributed by atoms with Crippen molar-refractivity contribution < 1.29 is 9.90 Å². The first-order valence-corrected chi connectivity index (χ1v) is 6.96. The minimum Gasteiger partial charge on any atom is -0.478 e. The van der Waals surface area contributed by atoms with Gasteiger partial charge in [0.05, 0.1) is 5.56 Å². The molecule has 0 radical (unpaired) electrons. The number of hydrogen-bond acceptors (Lipinski definition) is 3. The zero-order valence-corrected chi connectivity index (χ0v) is 12.4. The van der Waals surface area contributed by atoms with Gasteiger partial charge in [0.2, 0.25) is 0 Å². The molecule has 1 aromatic heterocycles. The molecule has 0 bridgehead atoms. The lowest BCUT2D eigenvalue weighted by molar-refractivity contribution is 0.0695. The summed E-state index contributed by atoms with van der Waals surface area (Å²) in [4.78, 5) is 17.5. The summed E-state index contributed by atoms with van der Waals surface area (Å²) in [5, 5.41) is 9.17. The molecule has 0 aliphatic heterocycles. The molecular formula is C17H20N2O2. The number of aromatic nitrogens is 1. The van der Waals surface area contributed by atoms with Crippen LogP contribution in [0.2, 0.25) is 0 Å². The van der Waals surface area contributed by atoms with E-state index in [1.807, 2.05) is 38.5 Å². The highest BCUT2D eigenvalue weighted by atomic mass is 16.4. The van der Waals surface area contributed by atoms with Crippen LogP contribution in [0.15, 0.2) is 42.7 Å². The van der Waals surface area contributed by atoms with Crippen molar-refractivity contribution in [1.29, 1.82) is 0 Å². The molecule has 2 aromatic rings. The molecule has 0 spiro atoms. The molecule has 0 atom stereocenters. The monoisotopic (exact) mass is 284 g/mol. The fourth-order valence-corrected chi connectivity index (χ4v) is 2.35. The van der Waals surface area contributed by atoms with Crippen LogP contribution in [0.4, 0.5) is 0 Å². The summed E-state index contributed by atoms with van der Waals surface area (Å²) in [6.07, 6.45) is 4.43. The molecule has 4 heteroatoms. The highest BCUT2D eigenvalue weighted by Crippen LogP contribution is 2.11. The number of rotatable bonds is 6. The van der Waals surface area contributed by atoms with Crippen molar-refractivity contribution in [1.82, 2.24) is 9.88 Å². The molecule has 0 aliphatic rings. The maximum Gasteiger partial charge on any atom is 0.335 e. The number of carbonyl (C=O) groups is 1. The normalized spacial score (nSPS) is 10.8. The number of nitrogens with zero attached hydrogens (tertiary/aromatic N) is 2. The molecule has 0 aliphatic carbocycles. The summed E-state index contributed by atoms with van der Waals surface area (Å²) >= 11 is 0. The fraction of sp³-hybridized carbons (Fsp3) is 0.294. The van der Waals surface area contributed by atoms with E-state index in [0.717, 1.165) is 30.6 Å². The minimum absolute atomic E-state index is 0.392. The van der Waals surface area contributed by atoms with Crippen LogP contribution >= 0.6 is 0 Å². The van der Waals surface area contributed by atoms with Gasteiger partial charge in [-0.05, 0) is 43.1 Å². The standard InChI is InChI=1S/C17H20N2O2/c1-13-9-14(11-18-10-13)12-19(2)8-7-15-5-3-4-6-16(15)17(20)21/h3-6,9-11H,7-8,12H2,1-2H3,(H,20,21). The first kappa shape index (κ1) is 15.2. The first-order chi connectivity index (χ1) is 10.1. The Kier molecular flexibility index (Phi) is 5.06. The highest BCUT2D eigenvalue weighted by Gasteiger charge is 2.09. The third kappa shape index (κ3) is 4.39. The number of benzene rings is 1. The second kappa shape index (κ2) is 6.99. The molecule has 1 N–H and O–H groups in total. The average Bonchev–Trinajstić information content (AvgIpc) is 2.45. The van der Waals surface area contributed by atoms with Crippen LogP contribution in [-0.2, 0) is 13.0 Å². The third-order valence-electron chi connectivity index (χ3n) is 3.39. The van der Waals surface area contributed by atoms with Gasteiger partial charge < -0.3 is 10.0 Å². The predicted octanol–water partition coefficient (Wildman–Crippen LogP) is 2.76. The summed E-state index contributed by atoms with van der Waals surface area (Å²) < 4.78 is 0. The van der Waals surface area contributed by atoms with E-state index in [1.165, 1.54) is 5.56 Å². The van der Waals surface area contributed by atoms with Crippen LogP contribution in [-0.4, -0.2) is 34.6 Å². The van der Waals surface area contributed by atoms with E-state index in [2.05, 4.69) is 16.0 Å². The number of pyridine rings is 1. The van der Waals surface area contributed by atoms with Crippen LogP contribution < -0.4 is 0 Å². The van der Waals surface area contributed by atoms with Crippen LogP contribution in [0, 0.1) is 6.92 Å². The number of carboxylic acids is 1. The Morgan fingerprint density at radius 3 is 2.76 bits per heavy atom. The topological polar surface area (TPSA) is 53.4 Å². The largest absolute Gasteiger partial charge is 0.478 e. The van der Waals surface area contributed by atoms with Crippen LogP contribution in [0.3, 0.4) is 0 Å². The molecule has 0 fully saturated rings. The zero-order valence-electron chi connectivity index (χ0n) is 12.4. The molecule has 110 valence electrons. The van der Waals surface area contributed by atoms with Crippen molar-refractivity contribution >= 4 is 5.97 Å². The van der Waals surface area contributed by atoms with E-state index in [1.54, 1.807) is 12.1 Å². The lowest BCUT2D eigenvalue weighted by Crippen LogP contribution is -2.21. The van der Waals surface area contributed by atoms with Crippen molar-refractivity contribution in [3.63, 3.8) is 0 Å². The van der Waals surface area contributed by atoms with Gasteiger partial charge in [0.25, 0.3) is 0 Å². The Labute approximate surface area is 125 Å². The number of carboxylic acid groups (broad SMARTS) is 1. The molecule has 0 unspecified atom stereocenters. The first-order valence-electron chi connectivity index (χ1n) is 6.96. The molecule has 2 rings (SSSR count). The van der Waals surface area contributed by atoms with Gasteiger partial charge in [-0.3, -0.25) is 4.98 Å². The van der Waals surface area contributed by atoms with Gasteiger partial charge in [-0.1, -0.05) is 24.3 Å². The van der Waals surface area contributed by atoms with Gasteiger partial charge in [0.15, 0.2) is 0 Å². The summed E-state index contributed by atoms with van der Waals surface area (Å²) in [7, 11) is 2.03. The highest BCUT2D eigenvalue weighted by molar-refractivity contribution is 5.89. The van der Waals surface area contributed by atoms with Gasteiger partial charge >= 0.3 is 5.97 Å². The Morgan fingerprint density at radius 2 is 2.05 bits per heavy atom. The summed E-state index contributed by atoms with van der Waals surface area (Å²) in [5.74, 6) is -0.865. The van der Waals surface area contributed by atoms with E-state index in [9.17, 15) is 9.90 Å². The second-order valence-electron chi connectivity index (χ2n) is 5.32. The van der Waals surface area contributed by atoms with Crippen LogP contribution in [0.1, 0.15) is 27.0 Å². The molecule has 0 amide bonds. The maximum atomic E-state index is 11.2. The van der Waals surface area contributed by atoms with Gasteiger partial charge in [0.1, 0.15) is 0 Å². The smallest absolute Gasteiger partial charge is 0.335 e. The summed E-state index contributed by atoms with van der Waals surface area (Å²) in [5.41, 5.74) is 3.59. The van der Waals surface area contributed by atoms with Gasteiger partial charge in [0, 0.05) is 25.5 Å². The Hall–Kier alpha value is -2.20. The second-order valence-corrected chi connectivity index (χ2v) is 5.32. The van der Waals surface area contributed by atoms with Gasteiger partial charge in [-0.2, -0.15) is 0 Å². The van der Waals surface area contributed by atoms with E-state index in [-0.39, 0.29) is 0 Å². The quantitative estimate of drug-likeness (QED) is 0.886. The molecule has 4 nitrogen and oxygen atoms in total. The predicted molar refractivity (Wildman–Crippen MR) is 82.4 cm³/mol. The molecule has 1 aromatic carbocycles. The fourth-order valence-electron chi connectivity index (χ4n) is 2.35. The van der Waals surface area contributed by atoms with E-state index in [4.69, 9.17) is 0 Å². The summed E-state index contributed by atoms with van der Waals surface area (Å²) in [6.45, 7) is 3.64. The van der Waals surface area contributed by atoms with Crippen LogP contribution in [0.5, 0.6) is 0 Å². The van der Waals surface area contributed by atoms with E-state index >= 15 is 0 Å². The van der Waals surface area contributed by atoms with E-state index in [0.29, 0.717) is 5.56 Å². The molecule has 21 heavy (non-hydrogen) atoms. The van der Waals surface area contributed by atoms with Crippen molar-refractivity contribution in [2.45, 2.75) is 19.9 Å². The molecule has 0 saturated carbocycles. The number of aryl methyl sites for hydroxylation is 1. The number of likely N-dealkylation sites (N-methyl/N-ethyl adjacent to an activating group) is 1. The minimum atomic E-state index is -0.865. The lowest BCUT2D eigenvalue weighted by atomic mass is 10.0. The SMILES string of the molecule is Cc1cncc(CN(C)CCc2ccccc2C(=O)O)c1. The molecule has 1 heterocycles. The summed E-state index contributed by atoms with van der Waals surface area (Å²) in [6, 6.07) is 9.30. The number of hydrogen-bond donors (Lipinski definition) is 1. The van der Waals surface area contributed by atoms with Gasteiger partial charge in [-0.15, -0.1) is 0 Å². The van der Waals surface area contributed by atoms with Crippen molar-refractivity contribution in [2.24, 2.45) is 0 Å². The third-order valence-corrected chi connectivity index (χ3v) is 3.39. The average molecular weight is 284 g/mol. The Bertz CT molecular complexity index is 626. The Balaban J connectivity index is 1.95. The molecular weight excluding hydrogens is 264 g/mol. The lowest BCUT2D eigenvalue weighted by Gasteiger charge is -2.17. The van der Waals surface area contributed by atoms with Crippen LogP contribution in [0.25, 0.3) is 0 Å². The van der Waals surface area contributed by atoms with E-state index < -0.39 is 5.97 Å². The number of aromatic carboxylic acids is 1. The van der Waals surface area contributed by atoms with Crippen molar-refractivity contribution in [2.75, 3.05) is 13.6 Å². The molecule has 0 saturated heterocycles. The Morgan fingerprint density at radius 1 is 1.29 bits per heavy atom. The van der Waals surface area contributed by atoms with Crippen molar-refractivity contribution in [3.05, 3.63) is 65.0 Å².